The summed E-state index contributed by atoms with van der Waals surface area (Å²) < 4.78 is 24.0. The number of rotatable bonds is 6. The van der Waals surface area contributed by atoms with Crippen LogP contribution in [0.5, 0.6) is 17.2 Å². The lowest BCUT2D eigenvalue weighted by molar-refractivity contribution is -0.122. The Hall–Kier alpha value is -4.01. The highest BCUT2D eigenvalue weighted by Crippen LogP contribution is 2.41. The predicted molar refractivity (Wildman–Crippen MR) is 142 cm³/mol. The second-order valence-electron chi connectivity index (χ2n) is 10.7. The van der Waals surface area contributed by atoms with E-state index in [1.54, 1.807) is 13.8 Å². The van der Waals surface area contributed by atoms with Gasteiger partial charge in [-0.05, 0) is 66.6 Å². The molecule has 0 bridgehead atoms. The van der Waals surface area contributed by atoms with Crippen molar-refractivity contribution in [2.24, 2.45) is 11.7 Å². The van der Waals surface area contributed by atoms with Gasteiger partial charge in [0.1, 0.15) is 24.2 Å². The Kier molecular flexibility index (Phi) is 6.66. The maximum atomic E-state index is 13.4. The minimum atomic E-state index is -0.802. The number of carbonyl (C=O) groups excluding carboxylic acids is 2. The smallest absolute Gasteiger partial charge is 0.277 e. The van der Waals surface area contributed by atoms with E-state index in [1.807, 2.05) is 36.4 Å². The Bertz CT molecular complexity index is 1410. The number of nitrogens with two attached hydrogens (primary N) is 1. The lowest BCUT2D eigenvalue weighted by atomic mass is 9.92. The van der Waals surface area contributed by atoms with Gasteiger partial charge < -0.3 is 29.3 Å². The zero-order chi connectivity index (χ0) is 27.1. The molecule has 2 N–H and O–H groups in total. The van der Waals surface area contributed by atoms with Crippen LogP contribution in [0.2, 0.25) is 0 Å². The van der Waals surface area contributed by atoms with Crippen LogP contribution in [-0.2, 0) is 17.8 Å². The molecule has 39 heavy (non-hydrogen) atoms. The van der Waals surface area contributed by atoms with E-state index in [4.69, 9.17) is 24.4 Å². The molecule has 1 aromatic heterocycles. The third-order valence-electron chi connectivity index (χ3n) is 7.94. The van der Waals surface area contributed by atoms with Gasteiger partial charge in [0.2, 0.25) is 5.91 Å². The van der Waals surface area contributed by atoms with E-state index in [9.17, 15) is 9.59 Å². The van der Waals surface area contributed by atoms with Gasteiger partial charge >= 0.3 is 0 Å². The maximum absolute atomic E-state index is 13.4. The van der Waals surface area contributed by atoms with Crippen LogP contribution in [0.3, 0.4) is 0 Å². The van der Waals surface area contributed by atoms with Crippen LogP contribution in [0.15, 0.2) is 40.8 Å². The van der Waals surface area contributed by atoms with Crippen LogP contribution in [0, 0.1) is 19.8 Å². The fourth-order valence-electron chi connectivity index (χ4n) is 5.84. The SMILES string of the molecule is Cc1nc(C(=O)N2Cc3cc4c(cc3CC2C(N)=O)OCC(c2cccc(OCC3CCCC3)c2)O4)c(C)o1. The van der Waals surface area contributed by atoms with Gasteiger partial charge in [0, 0.05) is 19.9 Å². The monoisotopic (exact) mass is 531 g/mol. The quantitative estimate of drug-likeness (QED) is 0.500. The summed E-state index contributed by atoms with van der Waals surface area (Å²) in [7, 11) is 0. The zero-order valence-electron chi connectivity index (χ0n) is 22.3. The first-order chi connectivity index (χ1) is 18.9. The van der Waals surface area contributed by atoms with E-state index in [2.05, 4.69) is 4.98 Å². The molecule has 2 aliphatic heterocycles. The second kappa shape index (κ2) is 10.3. The highest BCUT2D eigenvalue weighted by molar-refractivity contribution is 5.97. The Labute approximate surface area is 227 Å². The molecule has 3 heterocycles. The van der Waals surface area contributed by atoms with Crippen molar-refractivity contribution >= 4 is 11.8 Å². The molecule has 2 unspecified atom stereocenters. The molecule has 6 rings (SSSR count). The van der Waals surface area contributed by atoms with Gasteiger partial charge in [-0.3, -0.25) is 9.59 Å². The largest absolute Gasteiger partial charge is 0.493 e. The summed E-state index contributed by atoms with van der Waals surface area (Å²) >= 11 is 0. The first kappa shape index (κ1) is 25.3. The normalized spacial score (nSPS) is 20.5. The van der Waals surface area contributed by atoms with Crippen LogP contribution in [0.4, 0.5) is 0 Å². The highest BCUT2D eigenvalue weighted by atomic mass is 16.6. The molecular weight excluding hydrogens is 498 g/mol. The number of benzene rings is 2. The van der Waals surface area contributed by atoms with E-state index in [-0.39, 0.29) is 30.7 Å². The Morgan fingerprint density at radius 2 is 1.90 bits per heavy atom. The molecule has 1 fully saturated rings. The summed E-state index contributed by atoms with van der Waals surface area (Å²) in [5, 5.41) is 0. The predicted octanol–water partition coefficient (Wildman–Crippen LogP) is 4.43. The molecular formula is C30H33N3O6. The third-order valence-corrected chi connectivity index (χ3v) is 7.94. The van der Waals surface area contributed by atoms with Gasteiger partial charge in [-0.2, -0.15) is 0 Å². The second-order valence-corrected chi connectivity index (χ2v) is 10.7. The maximum Gasteiger partial charge on any atom is 0.277 e. The van der Waals surface area contributed by atoms with Crippen LogP contribution in [-0.4, -0.2) is 41.0 Å². The van der Waals surface area contributed by atoms with Crippen molar-refractivity contribution in [1.82, 2.24) is 9.88 Å². The first-order valence-corrected chi connectivity index (χ1v) is 13.6. The number of ether oxygens (including phenoxy) is 3. The van der Waals surface area contributed by atoms with Crippen molar-refractivity contribution in [2.45, 2.75) is 64.6 Å². The van der Waals surface area contributed by atoms with Crippen LogP contribution < -0.4 is 19.9 Å². The molecule has 1 saturated carbocycles. The van der Waals surface area contributed by atoms with E-state index < -0.39 is 11.9 Å². The van der Waals surface area contributed by atoms with Crippen molar-refractivity contribution in [2.75, 3.05) is 13.2 Å². The molecule has 1 aliphatic carbocycles. The molecule has 0 radical (unpaired) electrons. The highest BCUT2D eigenvalue weighted by Gasteiger charge is 2.37. The zero-order valence-corrected chi connectivity index (χ0v) is 22.3. The number of oxazole rings is 1. The van der Waals surface area contributed by atoms with Gasteiger partial charge in [0.25, 0.3) is 5.91 Å². The van der Waals surface area contributed by atoms with Gasteiger partial charge in [0.15, 0.2) is 29.2 Å². The summed E-state index contributed by atoms with van der Waals surface area (Å²) in [6.45, 7) is 4.65. The minimum absolute atomic E-state index is 0.190. The van der Waals surface area contributed by atoms with Crippen LogP contribution in [0.1, 0.15) is 70.6 Å². The average molecular weight is 532 g/mol. The lowest BCUT2D eigenvalue weighted by Gasteiger charge is -2.36. The van der Waals surface area contributed by atoms with Gasteiger partial charge in [-0.15, -0.1) is 0 Å². The number of nitrogens with zero attached hydrogens (tertiary/aromatic N) is 2. The molecule has 3 aliphatic rings. The number of fused-ring (bicyclic) bond motifs is 2. The number of hydrogen-bond donors (Lipinski definition) is 1. The molecule has 9 heteroatoms. The van der Waals surface area contributed by atoms with Gasteiger partial charge in [0.05, 0.1) is 6.61 Å². The number of aromatic nitrogens is 1. The topological polar surface area (TPSA) is 117 Å². The average Bonchev–Trinajstić information content (AvgIpc) is 3.58. The molecule has 2 amide bonds. The Morgan fingerprint density at radius 1 is 1.10 bits per heavy atom. The molecule has 9 nitrogen and oxygen atoms in total. The number of primary amides is 1. The van der Waals surface area contributed by atoms with Crippen molar-refractivity contribution in [3.8, 4) is 17.2 Å². The van der Waals surface area contributed by atoms with Gasteiger partial charge in [-0.1, -0.05) is 25.0 Å². The van der Waals surface area contributed by atoms with E-state index in [1.165, 1.54) is 30.6 Å². The number of amides is 2. The first-order valence-electron chi connectivity index (χ1n) is 13.6. The van der Waals surface area contributed by atoms with Crippen molar-refractivity contribution in [3.05, 3.63) is 70.4 Å². The van der Waals surface area contributed by atoms with Crippen molar-refractivity contribution in [1.29, 1.82) is 0 Å². The molecule has 2 aromatic carbocycles. The molecule has 0 saturated heterocycles. The van der Waals surface area contributed by atoms with Crippen molar-refractivity contribution in [3.63, 3.8) is 0 Å². The summed E-state index contributed by atoms with van der Waals surface area (Å²) in [4.78, 5) is 31.4. The summed E-state index contributed by atoms with van der Waals surface area (Å²) in [6.07, 6.45) is 5.04. The standard InChI is InChI=1S/C30H33N3O6/c1-17-28(32-18(2)38-17)30(35)33-14-22-13-26-25(12-21(22)11-24(33)29(31)34)37-16-27(39-26)20-8-5-9-23(10-20)36-15-19-6-3-4-7-19/h5,8-10,12-13,19,24,27H,3-4,6-7,11,14-16H2,1-2H3,(H2,31,34). The van der Waals surface area contributed by atoms with Crippen molar-refractivity contribution < 1.29 is 28.2 Å². The Morgan fingerprint density at radius 3 is 2.64 bits per heavy atom. The lowest BCUT2D eigenvalue weighted by Crippen LogP contribution is -2.51. The third kappa shape index (κ3) is 5.05. The number of carbonyl (C=O) groups is 2. The summed E-state index contributed by atoms with van der Waals surface area (Å²) in [5.74, 6) is 2.53. The summed E-state index contributed by atoms with van der Waals surface area (Å²) in [5.41, 5.74) is 8.66. The fourth-order valence-corrected chi connectivity index (χ4v) is 5.84. The summed E-state index contributed by atoms with van der Waals surface area (Å²) in [6, 6.07) is 11.0. The minimum Gasteiger partial charge on any atom is -0.493 e. The number of hydrogen-bond acceptors (Lipinski definition) is 7. The molecule has 204 valence electrons. The molecule has 2 atom stereocenters. The van der Waals surface area contributed by atoms with E-state index in [0.29, 0.717) is 35.7 Å². The van der Waals surface area contributed by atoms with Crippen LogP contribution >= 0.6 is 0 Å². The molecule has 0 spiro atoms. The van der Waals surface area contributed by atoms with E-state index >= 15 is 0 Å². The van der Waals surface area contributed by atoms with Gasteiger partial charge in [-0.25, -0.2) is 4.98 Å². The number of aryl methyl sites for hydroxylation is 2. The Balaban J connectivity index is 1.22. The van der Waals surface area contributed by atoms with Crippen LogP contribution in [0.25, 0.3) is 0 Å². The fraction of sp³-hybridized carbons (Fsp3) is 0.433. The molecule has 3 aromatic rings. The van der Waals surface area contributed by atoms with E-state index in [0.717, 1.165) is 29.0 Å².